The third-order valence-corrected chi connectivity index (χ3v) is 5.56. The summed E-state index contributed by atoms with van der Waals surface area (Å²) in [5.41, 5.74) is 6.15. The second-order valence-corrected chi connectivity index (χ2v) is 7.52. The van der Waals surface area contributed by atoms with E-state index >= 15 is 0 Å². The quantitative estimate of drug-likeness (QED) is 0.820. The van der Waals surface area contributed by atoms with E-state index in [1.807, 2.05) is 0 Å². The summed E-state index contributed by atoms with van der Waals surface area (Å²) in [6, 6.07) is 4.97. The maximum Gasteiger partial charge on any atom is 0.301 e. The van der Waals surface area contributed by atoms with Gasteiger partial charge < -0.3 is 10.5 Å². The fraction of sp³-hybridized carbons (Fsp3) is 0.538. The van der Waals surface area contributed by atoms with Crippen molar-refractivity contribution in [2.24, 2.45) is 5.73 Å². The Morgan fingerprint density at radius 3 is 2.86 bits per heavy atom. The summed E-state index contributed by atoms with van der Waals surface area (Å²) in [6.45, 7) is 0.838. The fourth-order valence-corrected chi connectivity index (χ4v) is 4.43. The molecule has 1 aromatic carbocycles. The second-order valence-electron chi connectivity index (χ2n) is 4.98. The third kappa shape index (κ3) is 4.09. The number of nitrogens with two attached hydrogens (primary N) is 1. The molecular weight excluding hydrogens is 358 g/mol. The van der Waals surface area contributed by atoms with Gasteiger partial charge in [-0.3, -0.25) is 4.72 Å². The Kier molecular flexibility index (Phi) is 5.48. The lowest BCUT2D eigenvalue weighted by Gasteiger charge is -2.33. The predicted octanol–water partition coefficient (Wildman–Crippen LogP) is 1.93. The van der Waals surface area contributed by atoms with Crippen LogP contribution in [0.25, 0.3) is 0 Å². The Balaban J connectivity index is 2.22. The van der Waals surface area contributed by atoms with Gasteiger partial charge in [0.1, 0.15) is 5.75 Å². The Bertz CT molecular complexity index is 594. The van der Waals surface area contributed by atoms with Crippen LogP contribution < -0.4 is 15.2 Å². The summed E-state index contributed by atoms with van der Waals surface area (Å²) in [6.07, 6.45) is 2.68. The Labute approximate surface area is 134 Å². The zero-order valence-electron chi connectivity index (χ0n) is 11.9. The lowest BCUT2D eigenvalue weighted by atomic mass is 10.1. The predicted molar refractivity (Wildman–Crippen MR) is 86.6 cm³/mol. The van der Waals surface area contributed by atoms with Crippen LogP contribution in [0.2, 0.25) is 0 Å². The van der Waals surface area contributed by atoms with Crippen LogP contribution in [0.4, 0.5) is 5.69 Å². The number of nitrogens with one attached hydrogen (secondary N) is 1. The van der Waals surface area contributed by atoms with Gasteiger partial charge in [-0.2, -0.15) is 12.7 Å². The van der Waals surface area contributed by atoms with Crippen LogP contribution in [0.5, 0.6) is 5.75 Å². The topological polar surface area (TPSA) is 84.7 Å². The number of ether oxygens (including phenoxy) is 1. The molecule has 2 rings (SSSR count). The van der Waals surface area contributed by atoms with Crippen molar-refractivity contribution in [3.63, 3.8) is 0 Å². The molecule has 1 unspecified atom stereocenters. The second kappa shape index (κ2) is 6.95. The zero-order valence-corrected chi connectivity index (χ0v) is 14.3. The van der Waals surface area contributed by atoms with Crippen molar-refractivity contribution in [1.82, 2.24) is 4.31 Å². The minimum absolute atomic E-state index is 0.134. The van der Waals surface area contributed by atoms with Crippen molar-refractivity contribution < 1.29 is 13.2 Å². The molecule has 0 amide bonds. The van der Waals surface area contributed by atoms with E-state index in [2.05, 4.69) is 20.7 Å². The molecular formula is C13H20BrN3O3S. The highest BCUT2D eigenvalue weighted by atomic mass is 79.9. The van der Waals surface area contributed by atoms with Gasteiger partial charge in [0.15, 0.2) is 0 Å². The molecule has 1 atom stereocenters. The van der Waals surface area contributed by atoms with Crippen LogP contribution in [0.3, 0.4) is 0 Å². The molecule has 1 fully saturated rings. The van der Waals surface area contributed by atoms with E-state index in [-0.39, 0.29) is 6.04 Å². The molecule has 6 nitrogen and oxygen atoms in total. The van der Waals surface area contributed by atoms with Crippen LogP contribution in [0.15, 0.2) is 22.7 Å². The summed E-state index contributed by atoms with van der Waals surface area (Å²) < 4.78 is 35.0. The summed E-state index contributed by atoms with van der Waals surface area (Å²) in [5, 5.41) is 0. The van der Waals surface area contributed by atoms with Gasteiger partial charge in [0.25, 0.3) is 0 Å². The van der Waals surface area contributed by atoms with Gasteiger partial charge in [0.05, 0.1) is 12.8 Å². The molecule has 0 aromatic heterocycles. The van der Waals surface area contributed by atoms with Crippen molar-refractivity contribution in [2.75, 3.05) is 24.9 Å². The lowest BCUT2D eigenvalue weighted by Crippen LogP contribution is -2.49. The average molecular weight is 378 g/mol. The number of halogens is 1. The third-order valence-electron chi connectivity index (χ3n) is 3.51. The molecule has 0 radical (unpaired) electrons. The normalized spacial score (nSPS) is 20.2. The maximum absolute atomic E-state index is 12.5. The monoisotopic (exact) mass is 377 g/mol. The fourth-order valence-electron chi connectivity index (χ4n) is 2.47. The maximum atomic E-state index is 12.5. The molecule has 0 spiro atoms. The van der Waals surface area contributed by atoms with Crippen molar-refractivity contribution >= 4 is 31.8 Å². The van der Waals surface area contributed by atoms with Gasteiger partial charge in [0, 0.05) is 29.7 Å². The van der Waals surface area contributed by atoms with Crippen LogP contribution >= 0.6 is 15.9 Å². The number of benzene rings is 1. The SMILES string of the molecule is COc1cc(Br)cc(NS(=O)(=O)N2CCCCC2CN)c1. The Morgan fingerprint density at radius 1 is 1.43 bits per heavy atom. The van der Waals surface area contributed by atoms with E-state index < -0.39 is 10.2 Å². The highest BCUT2D eigenvalue weighted by Crippen LogP contribution is 2.27. The molecule has 1 aromatic rings. The number of methoxy groups -OCH3 is 1. The number of hydrogen-bond donors (Lipinski definition) is 2. The molecule has 0 saturated carbocycles. The number of hydrogen-bond acceptors (Lipinski definition) is 4. The first-order valence-electron chi connectivity index (χ1n) is 6.80. The van der Waals surface area contributed by atoms with Gasteiger partial charge in [-0.1, -0.05) is 22.4 Å². The molecule has 3 N–H and O–H groups in total. The van der Waals surface area contributed by atoms with Crippen molar-refractivity contribution in [2.45, 2.75) is 25.3 Å². The minimum Gasteiger partial charge on any atom is -0.497 e. The summed E-state index contributed by atoms with van der Waals surface area (Å²) >= 11 is 3.33. The van der Waals surface area contributed by atoms with E-state index in [1.165, 1.54) is 11.4 Å². The van der Waals surface area contributed by atoms with Gasteiger partial charge >= 0.3 is 10.2 Å². The number of rotatable bonds is 5. The van der Waals surface area contributed by atoms with Gasteiger partial charge in [-0.25, -0.2) is 0 Å². The average Bonchev–Trinajstić information content (AvgIpc) is 2.46. The van der Waals surface area contributed by atoms with E-state index in [9.17, 15) is 8.42 Å². The van der Waals surface area contributed by atoms with Gasteiger partial charge in [-0.05, 0) is 25.0 Å². The first-order chi connectivity index (χ1) is 9.96. The summed E-state index contributed by atoms with van der Waals surface area (Å²) in [4.78, 5) is 0. The van der Waals surface area contributed by atoms with Crippen molar-refractivity contribution in [1.29, 1.82) is 0 Å². The van der Waals surface area contributed by atoms with Crippen molar-refractivity contribution in [3.05, 3.63) is 22.7 Å². The lowest BCUT2D eigenvalue weighted by molar-refractivity contribution is 0.259. The molecule has 1 heterocycles. The van der Waals surface area contributed by atoms with Crippen LogP contribution in [-0.2, 0) is 10.2 Å². The molecule has 118 valence electrons. The zero-order chi connectivity index (χ0) is 15.5. The Hall–Kier alpha value is -0.830. The molecule has 21 heavy (non-hydrogen) atoms. The number of piperidine rings is 1. The van der Waals surface area contributed by atoms with Crippen LogP contribution in [-0.4, -0.2) is 39.0 Å². The minimum atomic E-state index is -3.61. The molecule has 1 aliphatic rings. The summed E-state index contributed by atoms with van der Waals surface area (Å²) in [5.74, 6) is 0.580. The highest BCUT2D eigenvalue weighted by Gasteiger charge is 2.31. The first kappa shape index (κ1) is 16.5. The van der Waals surface area contributed by atoms with Crippen LogP contribution in [0.1, 0.15) is 19.3 Å². The van der Waals surface area contributed by atoms with E-state index in [1.54, 1.807) is 18.2 Å². The molecule has 1 aliphatic heterocycles. The molecule has 0 bridgehead atoms. The van der Waals surface area contributed by atoms with E-state index in [0.29, 0.717) is 24.5 Å². The standard InChI is InChI=1S/C13H20BrN3O3S/c1-20-13-7-10(14)6-11(8-13)16-21(18,19)17-5-3-2-4-12(17)9-15/h6-8,12,16H,2-5,9,15H2,1H3. The molecule has 8 heteroatoms. The number of nitrogens with zero attached hydrogens (tertiary/aromatic N) is 1. The Morgan fingerprint density at radius 2 is 2.19 bits per heavy atom. The van der Waals surface area contributed by atoms with Crippen molar-refractivity contribution in [3.8, 4) is 5.75 Å². The van der Waals surface area contributed by atoms with Gasteiger partial charge in [0.2, 0.25) is 0 Å². The van der Waals surface area contributed by atoms with Gasteiger partial charge in [-0.15, -0.1) is 0 Å². The van der Waals surface area contributed by atoms with E-state index in [4.69, 9.17) is 10.5 Å². The van der Waals surface area contributed by atoms with Crippen LogP contribution in [0, 0.1) is 0 Å². The van der Waals surface area contributed by atoms with E-state index in [0.717, 1.165) is 23.7 Å². The highest BCUT2D eigenvalue weighted by molar-refractivity contribution is 9.10. The molecule has 0 aliphatic carbocycles. The first-order valence-corrected chi connectivity index (χ1v) is 9.04. The summed E-state index contributed by atoms with van der Waals surface area (Å²) in [7, 11) is -2.08. The number of anilines is 1. The molecule has 1 saturated heterocycles. The smallest absolute Gasteiger partial charge is 0.301 e. The largest absolute Gasteiger partial charge is 0.497 e.